The molecule has 0 amide bonds. The number of hydrogen-bond donors (Lipinski definition) is 3. The Kier molecular flexibility index (Phi) is 7.89. The van der Waals surface area contributed by atoms with Crippen LogP contribution in [-0.2, 0) is 13.2 Å². The second-order valence-corrected chi connectivity index (χ2v) is 9.83. The minimum Gasteiger partial charge on any atom is -0.491 e. The number of aliphatic hydroxyl groups excluding tert-OH is 1. The molecule has 0 saturated carbocycles. The van der Waals surface area contributed by atoms with Crippen molar-refractivity contribution in [1.29, 1.82) is 0 Å². The molecule has 0 fully saturated rings. The Morgan fingerprint density at radius 2 is 1.68 bits per heavy atom. The lowest BCUT2D eigenvalue weighted by Crippen LogP contribution is -2.40. The van der Waals surface area contributed by atoms with Crippen molar-refractivity contribution in [2.45, 2.75) is 52.6 Å². The van der Waals surface area contributed by atoms with Crippen LogP contribution in [0.1, 0.15) is 36.1 Å². The Bertz CT molecular complexity index is 1510. The third-order valence-electron chi connectivity index (χ3n) is 6.43. The summed E-state index contributed by atoms with van der Waals surface area (Å²) in [5, 5.41) is 19.9. The molecule has 0 saturated heterocycles. The summed E-state index contributed by atoms with van der Waals surface area (Å²) in [6.45, 7) is 7.66. The molecule has 0 aliphatic rings. The van der Waals surface area contributed by atoms with Crippen LogP contribution in [0.2, 0.25) is 0 Å². The third-order valence-corrected chi connectivity index (χ3v) is 6.43. The summed E-state index contributed by atoms with van der Waals surface area (Å²) < 4.78 is 17.5. The number of aliphatic hydroxyl groups is 2. The molecule has 0 spiro atoms. The monoisotopic (exact) mass is 520 g/mol. The highest BCUT2D eigenvalue weighted by molar-refractivity contribution is 5.72. The van der Waals surface area contributed by atoms with Crippen molar-refractivity contribution >= 4 is 0 Å². The number of H-pyrrole nitrogens is 1. The van der Waals surface area contributed by atoms with Gasteiger partial charge in [0.25, 0.3) is 0 Å². The molecule has 38 heavy (non-hydrogen) atoms. The van der Waals surface area contributed by atoms with Gasteiger partial charge in [0.2, 0.25) is 0 Å². The van der Waals surface area contributed by atoms with Crippen LogP contribution in [0, 0.1) is 13.8 Å². The van der Waals surface area contributed by atoms with E-state index in [-0.39, 0.29) is 13.2 Å². The van der Waals surface area contributed by atoms with Gasteiger partial charge in [0.15, 0.2) is 0 Å². The summed E-state index contributed by atoms with van der Waals surface area (Å²) in [5.41, 5.74) is 4.27. The van der Waals surface area contributed by atoms with Gasteiger partial charge >= 0.3 is 11.4 Å². The van der Waals surface area contributed by atoms with Crippen LogP contribution in [0.25, 0.3) is 11.1 Å². The number of aromatic nitrogens is 2. The lowest BCUT2D eigenvalue weighted by atomic mass is 9.93. The van der Waals surface area contributed by atoms with E-state index in [1.165, 1.54) is 0 Å². The van der Waals surface area contributed by atoms with Gasteiger partial charge in [-0.3, -0.25) is 0 Å². The SMILES string of the molecule is Cc1cc(OC[C@@H](O)C(C)(C)O)ccc1-c1cccc(COc2ccc(Cn3oc(=O)[nH]c3=O)cc2)c1C. The molecule has 4 aromatic rings. The molecule has 9 heteroatoms. The van der Waals surface area contributed by atoms with Gasteiger partial charge in [-0.2, -0.15) is 0 Å². The van der Waals surface area contributed by atoms with Gasteiger partial charge in [0.1, 0.15) is 30.8 Å². The average molecular weight is 521 g/mol. The highest BCUT2D eigenvalue weighted by atomic mass is 16.5. The molecule has 0 unspecified atom stereocenters. The molecule has 1 aromatic heterocycles. The number of hydrogen-bond acceptors (Lipinski definition) is 7. The summed E-state index contributed by atoms with van der Waals surface area (Å²) in [6.07, 6.45) is -0.996. The number of nitrogens with zero attached hydrogens (tertiary/aromatic N) is 1. The summed E-state index contributed by atoms with van der Waals surface area (Å²) in [5.74, 6) is 0.514. The van der Waals surface area contributed by atoms with Crippen molar-refractivity contribution < 1.29 is 24.2 Å². The zero-order valence-electron chi connectivity index (χ0n) is 21.9. The van der Waals surface area contributed by atoms with Crippen molar-refractivity contribution in [2.75, 3.05) is 6.61 Å². The van der Waals surface area contributed by atoms with Gasteiger partial charge in [-0.05, 0) is 85.3 Å². The number of nitrogens with one attached hydrogen (secondary N) is 1. The fourth-order valence-corrected chi connectivity index (χ4v) is 3.97. The highest BCUT2D eigenvalue weighted by Gasteiger charge is 2.25. The lowest BCUT2D eigenvalue weighted by Gasteiger charge is -2.24. The minimum atomic E-state index is -1.24. The smallest absolute Gasteiger partial charge is 0.440 e. The van der Waals surface area contributed by atoms with E-state index in [0.717, 1.165) is 38.1 Å². The molecule has 0 bridgehead atoms. The van der Waals surface area contributed by atoms with E-state index in [0.29, 0.717) is 18.1 Å². The summed E-state index contributed by atoms with van der Waals surface area (Å²) in [4.78, 5) is 24.8. The highest BCUT2D eigenvalue weighted by Crippen LogP contribution is 2.31. The van der Waals surface area contributed by atoms with Crippen molar-refractivity contribution in [1.82, 2.24) is 9.72 Å². The largest absolute Gasteiger partial charge is 0.491 e. The Balaban J connectivity index is 1.42. The Labute approximate surface area is 219 Å². The second kappa shape index (κ2) is 11.1. The molecule has 3 aromatic carbocycles. The molecule has 0 aliphatic carbocycles. The fourth-order valence-electron chi connectivity index (χ4n) is 3.97. The maximum absolute atomic E-state index is 11.6. The molecule has 0 radical (unpaired) electrons. The van der Waals surface area contributed by atoms with E-state index >= 15 is 0 Å². The molecule has 9 nitrogen and oxygen atoms in total. The number of ether oxygens (including phenoxy) is 2. The van der Waals surface area contributed by atoms with E-state index < -0.39 is 23.2 Å². The molecule has 200 valence electrons. The maximum Gasteiger partial charge on any atom is 0.440 e. The van der Waals surface area contributed by atoms with E-state index in [1.54, 1.807) is 13.8 Å². The Morgan fingerprint density at radius 3 is 2.32 bits per heavy atom. The first-order valence-corrected chi connectivity index (χ1v) is 12.3. The first-order chi connectivity index (χ1) is 18.0. The van der Waals surface area contributed by atoms with E-state index in [9.17, 15) is 19.8 Å². The van der Waals surface area contributed by atoms with E-state index in [2.05, 4.69) is 18.0 Å². The van der Waals surface area contributed by atoms with Gasteiger partial charge in [0.05, 0.1) is 12.1 Å². The quantitative estimate of drug-likeness (QED) is 0.292. The molecule has 1 atom stereocenters. The first-order valence-electron chi connectivity index (χ1n) is 12.3. The van der Waals surface area contributed by atoms with Crippen LogP contribution in [0.5, 0.6) is 11.5 Å². The molecule has 0 aliphatic heterocycles. The molecular weight excluding hydrogens is 488 g/mol. The minimum absolute atomic E-state index is 0.00381. The van der Waals surface area contributed by atoms with Crippen molar-refractivity contribution in [2.24, 2.45) is 0 Å². The van der Waals surface area contributed by atoms with Gasteiger partial charge in [0, 0.05) is 0 Å². The van der Waals surface area contributed by atoms with Gasteiger partial charge in [-0.15, -0.1) is 4.74 Å². The summed E-state index contributed by atoms with van der Waals surface area (Å²) in [7, 11) is 0. The van der Waals surface area contributed by atoms with Crippen LogP contribution in [-0.4, -0.2) is 38.2 Å². The van der Waals surface area contributed by atoms with E-state index in [4.69, 9.17) is 14.0 Å². The van der Waals surface area contributed by atoms with Gasteiger partial charge < -0.3 is 24.2 Å². The van der Waals surface area contributed by atoms with Crippen LogP contribution in [0.3, 0.4) is 0 Å². The topological polar surface area (TPSA) is 127 Å². The summed E-state index contributed by atoms with van der Waals surface area (Å²) in [6, 6.07) is 19.1. The Hall–Kier alpha value is -4.08. The standard InChI is InChI=1S/C29H32N2O7/c1-18-14-23(37-17-26(32)29(3,4)35)12-13-24(18)25-7-5-6-21(19(25)2)16-36-22-10-8-20(9-11-22)15-31-27(33)30-28(34)38-31/h5-14,26,32,35H,15-17H2,1-4H3,(H,30,33,34)/t26-/m1/s1. The summed E-state index contributed by atoms with van der Waals surface area (Å²) >= 11 is 0. The third kappa shape index (κ3) is 6.42. The molecular formula is C29H32N2O7. The number of aromatic amines is 1. The average Bonchev–Trinajstić information content (AvgIpc) is 3.18. The molecule has 4 rings (SSSR count). The maximum atomic E-state index is 11.6. The zero-order chi connectivity index (χ0) is 27.4. The second-order valence-electron chi connectivity index (χ2n) is 9.83. The normalized spacial score (nSPS) is 12.4. The van der Waals surface area contributed by atoms with Crippen LogP contribution < -0.4 is 20.9 Å². The number of rotatable bonds is 10. The number of benzene rings is 3. The lowest BCUT2D eigenvalue weighted by molar-refractivity contribution is -0.0661. The van der Waals surface area contributed by atoms with Gasteiger partial charge in [-0.25, -0.2) is 14.6 Å². The molecule has 1 heterocycles. The molecule has 3 N–H and O–H groups in total. The van der Waals surface area contributed by atoms with Crippen LogP contribution in [0.4, 0.5) is 0 Å². The zero-order valence-corrected chi connectivity index (χ0v) is 21.9. The van der Waals surface area contributed by atoms with E-state index in [1.807, 2.05) is 61.5 Å². The van der Waals surface area contributed by atoms with Crippen molar-refractivity contribution in [3.05, 3.63) is 104 Å². The first kappa shape index (κ1) is 27.0. The van der Waals surface area contributed by atoms with Gasteiger partial charge in [-0.1, -0.05) is 36.4 Å². The van der Waals surface area contributed by atoms with Crippen LogP contribution >= 0.6 is 0 Å². The predicted molar refractivity (Wildman–Crippen MR) is 143 cm³/mol. The van der Waals surface area contributed by atoms with Crippen LogP contribution in [0.15, 0.2) is 74.8 Å². The predicted octanol–water partition coefficient (Wildman–Crippen LogP) is 3.55. The van der Waals surface area contributed by atoms with Crippen molar-refractivity contribution in [3.8, 4) is 22.6 Å². The Morgan fingerprint density at radius 1 is 0.974 bits per heavy atom. The van der Waals surface area contributed by atoms with Crippen molar-refractivity contribution in [3.63, 3.8) is 0 Å². The number of aryl methyl sites for hydroxylation is 1. The fraction of sp³-hybridized carbons (Fsp3) is 0.310.